The standard InChI is InChI=1S/C15H12BrF4N/c16-14-5-4-13(17)7-11(14)9-21-8-10-2-1-3-12(6-10)15(18,19)20/h1-7,21H,8-9H2. The second kappa shape index (κ2) is 6.58. The minimum atomic E-state index is -4.35. The van der Waals surface area contributed by atoms with Crippen LogP contribution in [0.25, 0.3) is 0 Å². The first-order valence-corrected chi connectivity index (χ1v) is 6.96. The van der Waals surface area contributed by atoms with Crippen molar-refractivity contribution < 1.29 is 17.6 Å². The Hall–Kier alpha value is -1.40. The van der Waals surface area contributed by atoms with E-state index in [0.29, 0.717) is 17.7 Å². The normalized spacial score (nSPS) is 11.7. The van der Waals surface area contributed by atoms with E-state index in [1.54, 1.807) is 12.1 Å². The zero-order valence-corrected chi connectivity index (χ0v) is 12.4. The van der Waals surface area contributed by atoms with Crippen molar-refractivity contribution >= 4 is 15.9 Å². The molecule has 6 heteroatoms. The molecular weight excluding hydrogens is 350 g/mol. The van der Waals surface area contributed by atoms with Gasteiger partial charge in [0.05, 0.1) is 5.56 Å². The van der Waals surface area contributed by atoms with E-state index in [0.717, 1.165) is 16.6 Å². The summed E-state index contributed by atoms with van der Waals surface area (Å²) in [6.45, 7) is 0.626. The van der Waals surface area contributed by atoms with Crippen LogP contribution in [0.15, 0.2) is 46.9 Å². The second-order valence-electron chi connectivity index (χ2n) is 4.54. The maximum Gasteiger partial charge on any atom is 0.416 e. The van der Waals surface area contributed by atoms with Crippen LogP contribution in [-0.4, -0.2) is 0 Å². The number of rotatable bonds is 4. The summed E-state index contributed by atoms with van der Waals surface area (Å²) in [4.78, 5) is 0. The lowest BCUT2D eigenvalue weighted by atomic mass is 10.1. The number of nitrogens with one attached hydrogen (secondary N) is 1. The van der Waals surface area contributed by atoms with Crippen LogP contribution in [0, 0.1) is 5.82 Å². The Kier molecular flexibility index (Phi) is 5.00. The van der Waals surface area contributed by atoms with Crippen molar-refractivity contribution in [1.29, 1.82) is 0 Å². The van der Waals surface area contributed by atoms with Gasteiger partial charge in [-0.3, -0.25) is 0 Å². The quantitative estimate of drug-likeness (QED) is 0.764. The molecule has 21 heavy (non-hydrogen) atoms. The predicted molar refractivity (Wildman–Crippen MR) is 76.1 cm³/mol. The smallest absolute Gasteiger partial charge is 0.309 e. The third-order valence-corrected chi connectivity index (χ3v) is 3.68. The van der Waals surface area contributed by atoms with Crippen LogP contribution in [0.4, 0.5) is 17.6 Å². The molecule has 0 bridgehead atoms. The average Bonchev–Trinajstić information content (AvgIpc) is 2.42. The second-order valence-corrected chi connectivity index (χ2v) is 5.39. The Bertz CT molecular complexity index is 625. The molecule has 0 amide bonds. The molecular formula is C15H12BrF4N. The fourth-order valence-corrected chi connectivity index (χ4v) is 2.26. The summed E-state index contributed by atoms with van der Waals surface area (Å²) in [7, 11) is 0. The van der Waals surface area contributed by atoms with E-state index < -0.39 is 11.7 Å². The number of halogens is 5. The molecule has 2 aromatic rings. The van der Waals surface area contributed by atoms with Gasteiger partial charge in [0.15, 0.2) is 0 Å². The van der Waals surface area contributed by atoms with Gasteiger partial charge in [0, 0.05) is 17.6 Å². The molecule has 0 unspecified atom stereocenters. The van der Waals surface area contributed by atoms with Crippen molar-refractivity contribution in [2.75, 3.05) is 0 Å². The first-order valence-electron chi connectivity index (χ1n) is 6.17. The predicted octanol–water partition coefficient (Wildman–Crippen LogP) is 4.90. The number of alkyl halides is 3. The highest BCUT2D eigenvalue weighted by atomic mass is 79.9. The highest BCUT2D eigenvalue weighted by molar-refractivity contribution is 9.10. The van der Waals surface area contributed by atoms with E-state index in [1.165, 1.54) is 18.2 Å². The first-order chi connectivity index (χ1) is 9.86. The third kappa shape index (κ3) is 4.54. The molecule has 112 valence electrons. The first kappa shape index (κ1) is 16.0. The Morgan fingerprint density at radius 3 is 2.48 bits per heavy atom. The van der Waals surface area contributed by atoms with Gasteiger partial charge in [-0.2, -0.15) is 13.2 Å². The van der Waals surface area contributed by atoms with E-state index >= 15 is 0 Å². The molecule has 0 spiro atoms. The lowest BCUT2D eigenvalue weighted by Gasteiger charge is -2.10. The van der Waals surface area contributed by atoms with Crippen LogP contribution >= 0.6 is 15.9 Å². The van der Waals surface area contributed by atoms with Gasteiger partial charge in [-0.05, 0) is 35.4 Å². The summed E-state index contributed by atoms with van der Waals surface area (Å²) in [5.74, 6) is -0.353. The molecule has 0 saturated heterocycles. The molecule has 0 aromatic heterocycles. The fraction of sp³-hybridized carbons (Fsp3) is 0.200. The Morgan fingerprint density at radius 1 is 1.00 bits per heavy atom. The monoisotopic (exact) mass is 361 g/mol. The van der Waals surface area contributed by atoms with E-state index in [4.69, 9.17) is 0 Å². The summed E-state index contributed by atoms with van der Waals surface area (Å²) in [6, 6.07) is 9.43. The van der Waals surface area contributed by atoms with Crippen LogP contribution in [0.1, 0.15) is 16.7 Å². The third-order valence-electron chi connectivity index (χ3n) is 2.91. The molecule has 0 aliphatic rings. The van der Waals surface area contributed by atoms with Crippen molar-refractivity contribution in [3.8, 4) is 0 Å². The molecule has 0 atom stereocenters. The lowest BCUT2D eigenvalue weighted by Crippen LogP contribution is -2.14. The highest BCUT2D eigenvalue weighted by Gasteiger charge is 2.30. The van der Waals surface area contributed by atoms with Crippen LogP contribution in [0.2, 0.25) is 0 Å². The molecule has 2 rings (SSSR count). The Balaban J connectivity index is 1.99. The van der Waals surface area contributed by atoms with Crippen molar-refractivity contribution in [3.63, 3.8) is 0 Å². The van der Waals surface area contributed by atoms with Gasteiger partial charge in [0.25, 0.3) is 0 Å². The molecule has 0 heterocycles. The topological polar surface area (TPSA) is 12.0 Å². The van der Waals surface area contributed by atoms with Crippen LogP contribution < -0.4 is 5.32 Å². The van der Waals surface area contributed by atoms with Crippen LogP contribution in [-0.2, 0) is 19.3 Å². The number of hydrogen-bond acceptors (Lipinski definition) is 1. The summed E-state index contributed by atoms with van der Waals surface area (Å²) in [5, 5.41) is 3.00. The van der Waals surface area contributed by atoms with Gasteiger partial charge in [0.2, 0.25) is 0 Å². The largest absolute Gasteiger partial charge is 0.416 e. The molecule has 0 aliphatic heterocycles. The van der Waals surface area contributed by atoms with E-state index in [-0.39, 0.29) is 12.4 Å². The van der Waals surface area contributed by atoms with Gasteiger partial charge in [-0.25, -0.2) is 4.39 Å². The van der Waals surface area contributed by atoms with Gasteiger partial charge in [0.1, 0.15) is 5.82 Å². The van der Waals surface area contributed by atoms with Crippen molar-refractivity contribution in [3.05, 3.63) is 69.4 Å². The van der Waals surface area contributed by atoms with Gasteiger partial charge < -0.3 is 5.32 Å². The van der Waals surface area contributed by atoms with Crippen LogP contribution in [0.3, 0.4) is 0 Å². The summed E-state index contributed by atoms with van der Waals surface area (Å²) in [5.41, 5.74) is 0.563. The molecule has 0 fully saturated rings. The molecule has 0 aliphatic carbocycles. The number of hydrogen-bond donors (Lipinski definition) is 1. The maximum absolute atomic E-state index is 13.1. The van der Waals surface area contributed by atoms with Crippen molar-refractivity contribution in [1.82, 2.24) is 5.32 Å². The van der Waals surface area contributed by atoms with Gasteiger partial charge in [-0.1, -0.05) is 34.1 Å². The highest BCUT2D eigenvalue weighted by Crippen LogP contribution is 2.29. The van der Waals surface area contributed by atoms with Gasteiger partial charge in [-0.15, -0.1) is 0 Å². The summed E-state index contributed by atoms with van der Waals surface area (Å²) >= 11 is 3.30. The van der Waals surface area contributed by atoms with E-state index in [9.17, 15) is 17.6 Å². The molecule has 0 radical (unpaired) electrons. The Labute approximate surface area is 128 Å². The SMILES string of the molecule is Fc1ccc(Br)c(CNCc2cccc(C(F)(F)F)c2)c1. The number of benzene rings is 2. The van der Waals surface area contributed by atoms with E-state index in [1.807, 2.05) is 0 Å². The summed E-state index contributed by atoms with van der Waals surface area (Å²) < 4.78 is 51.6. The minimum absolute atomic E-state index is 0.271. The van der Waals surface area contributed by atoms with E-state index in [2.05, 4.69) is 21.2 Å². The molecule has 0 saturated carbocycles. The fourth-order valence-electron chi connectivity index (χ4n) is 1.88. The summed E-state index contributed by atoms with van der Waals surface area (Å²) in [6.07, 6.45) is -4.35. The lowest BCUT2D eigenvalue weighted by molar-refractivity contribution is -0.137. The Morgan fingerprint density at radius 2 is 1.76 bits per heavy atom. The average molecular weight is 362 g/mol. The maximum atomic E-state index is 13.1. The van der Waals surface area contributed by atoms with Crippen molar-refractivity contribution in [2.24, 2.45) is 0 Å². The van der Waals surface area contributed by atoms with Crippen LogP contribution in [0.5, 0.6) is 0 Å². The molecule has 1 nitrogen and oxygen atoms in total. The zero-order valence-electron chi connectivity index (χ0n) is 10.8. The minimum Gasteiger partial charge on any atom is -0.309 e. The van der Waals surface area contributed by atoms with Crippen molar-refractivity contribution in [2.45, 2.75) is 19.3 Å². The molecule has 2 aromatic carbocycles. The molecule has 1 N–H and O–H groups in total. The zero-order chi connectivity index (χ0) is 15.5. The van der Waals surface area contributed by atoms with Gasteiger partial charge >= 0.3 is 6.18 Å².